The molecule has 6 nitrogen and oxygen atoms in total. The maximum absolute atomic E-state index is 4.69. The van der Waals surface area contributed by atoms with E-state index in [1.54, 1.807) is 29.4 Å². The summed E-state index contributed by atoms with van der Waals surface area (Å²) in [6, 6.07) is 21.0. The van der Waals surface area contributed by atoms with Crippen LogP contribution in [0.25, 0.3) is 21.3 Å². The first-order chi connectivity index (χ1) is 16.8. The number of nitrogens with zero attached hydrogens (tertiary/aromatic N) is 6. The number of benzene rings is 2. The van der Waals surface area contributed by atoms with Crippen molar-refractivity contribution in [2.75, 3.05) is 13.1 Å². The van der Waals surface area contributed by atoms with Crippen LogP contribution in [0.15, 0.2) is 82.6 Å². The highest BCUT2D eigenvalue weighted by molar-refractivity contribution is 7.99. The maximum atomic E-state index is 4.69. The van der Waals surface area contributed by atoms with Gasteiger partial charge in [0.1, 0.15) is 22.0 Å². The average molecular weight is 485 g/mol. The van der Waals surface area contributed by atoms with Gasteiger partial charge in [-0.2, -0.15) is 0 Å². The summed E-state index contributed by atoms with van der Waals surface area (Å²) in [6.45, 7) is 3.82. The quantitative estimate of drug-likeness (QED) is 0.274. The second-order valence-corrected chi connectivity index (χ2v) is 10.2. The molecule has 0 radical (unpaired) electrons. The zero-order valence-electron chi connectivity index (χ0n) is 18.7. The van der Waals surface area contributed by atoms with Gasteiger partial charge in [-0.15, -0.1) is 21.5 Å². The zero-order chi connectivity index (χ0) is 22.7. The molecule has 0 saturated carbocycles. The molecule has 3 aromatic heterocycles. The Bertz CT molecular complexity index is 1390. The first-order valence-corrected chi connectivity index (χ1v) is 13.2. The molecule has 34 heavy (non-hydrogen) atoms. The maximum Gasteiger partial charge on any atom is 0.197 e. The number of fused-ring (bicyclic) bond motifs is 1. The van der Waals surface area contributed by atoms with Gasteiger partial charge in [-0.25, -0.2) is 9.97 Å². The normalized spacial score (nSPS) is 14.2. The topological polar surface area (TPSA) is 59.7 Å². The zero-order valence-corrected chi connectivity index (χ0v) is 20.3. The van der Waals surface area contributed by atoms with E-state index in [2.05, 4.69) is 89.6 Å². The van der Waals surface area contributed by atoms with Crippen LogP contribution >= 0.6 is 23.1 Å². The van der Waals surface area contributed by atoms with E-state index in [9.17, 15) is 0 Å². The highest BCUT2D eigenvalue weighted by Crippen LogP contribution is 2.39. The van der Waals surface area contributed by atoms with Gasteiger partial charge in [-0.05, 0) is 48.8 Å². The SMILES string of the molecule is c1ccc(Cn2c(CN3CCCC3)nnc2Sc2ncnc3scc(-c4ccccc4)c23)cc1. The molecular weight excluding hydrogens is 460 g/mol. The predicted octanol–water partition coefficient (Wildman–Crippen LogP) is 5.75. The smallest absolute Gasteiger partial charge is 0.197 e. The van der Waals surface area contributed by atoms with Crippen LogP contribution in [0.5, 0.6) is 0 Å². The van der Waals surface area contributed by atoms with Crippen molar-refractivity contribution in [2.45, 2.75) is 36.1 Å². The molecule has 2 aromatic carbocycles. The van der Waals surface area contributed by atoms with Crippen LogP contribution in [0.1, 0.15) is 24.2 Å². The first-order valence-electron chi connectivity index (χ1n) is 11.5. The molecule has 0 N–H and O–H groups in total. The molecule has 1 aliphatic heterocycles. The fraction of sp³-hybridized carbons (Fsp3) is 0.231. The van der Waals surface area contributed by atoms with Crippen molar-refractivity contribution < 1.29 is 0 Å². The number of hydrogen-bond acceptors (Lipinski definition) is 7. The molecule has 1 saturated heterocycles. The number of likely N-dealkylation sites (tertiary alicyclic amines) is 1. The van der Waals surface area contributed by atoms with Crippen LogP contribution < -0.4 is 0 Å². The Hall–Kier alpha value is -3.07. The lowest BCUT2D eigenvalue weighted by Gasteiger charge is -2.16. The van der Waals surface area contributed by atoms with E-state index in [-0.39, 0.29) is 0 Å². The number of hydrogen-bond donors (Lipinski definition) is 0. The molecule has 0 unspecified atom stereocenters. The Morgan fingerprint density at radius 2 is 1.62 bits per heavy atom. The fourth-order valence-corrected chi connectivity index (χ4v) is 6.34. The van der Waals surface area contributed by atoms with Gasteiger partial charge in [0.2, 0.25) is 0 Å². The molecule has 8 heteroatoms. The Morgan fingerprint density at radius 3 is 2.41 bits per heavy atom. The highest BCUT2D eigenvalue weighted by Gasteiger charge is 2.21. The molecule has 0 atom stereocenters. The number of thiophene rings is 1. The molecule has 0 amide bonds. The van der Waals surface area contributed by atoms with Crippen LogP contribution in [0.4, 0.5) is 0 Å². The van der Waals surface area contributed by atoms with Gasteiger partial charge in [0.05, 0.1) is 18.5 Å². The number of rotatable bonds is 7. The fourth-order valence-electron chi connectivity index (χ4n) is 4.42. The summed E-state index contributed by atoms with van der Waals surface area (Å²) in [4.78, 5) is 12.7. The van der Waals surface area contributed by atoms with E-state index in [1.807, 2.05) is 6.07 Å². The summed E-state index contributed by atoms with van der Waals surface area (Å²) < 4.78 is 2.25. The van der Waals surface area contributed by atoms with Gasteiger partial charge in [0.25, 0.3) is 0 Å². The molecule has 0 bridgehead atoms. The standard InChI is InChI=1S/C26H24N6S2/c1-3-9-19(10-4-1)15-32-22(16-31-13-7-8-14-31)29-30-26(32)34-25-23-21(20-11-5-2-6-12-20)17-33-24(23)27-18-28-25/h1-6,9-12,17-18H,7-8,13-16H2. The second kappa shape index (κ2) is 9.66. The summed E-state index contributed by atoms with van der Waals surface area (Å²) in [5.74, 6) is 1.01. The molecular formula is C26H24N6S2. The second-order valence-electron chi connectivity index (χ2n) is 8.43. The van der Waals surface area contributed by atoms with E-state index in [4.69, 9.17) is 0 Å². The van der Waals surface area contributed by atoms with Gasteiger partial charge in [-0.3, -0.25) is 4.90 Å². The predicted molar refractivity (Wildman–Crippen MR) is 137 cm³/mol. The molecule has 4 heterocycles. The van der Waals surface area contributed by atoms with E-state index in [0.29, 0.717) is 0 Å². The van der Waals surface area contributed by atoms with Crippen molar-refractivity contribution in [3.8, 4) is 11.1 Å². The third-order valence-corrected chi connectivity index (χ3v) is 8.02. The minimum atomic E-state index is 0.739. The van der Waals surface area contributed by atoms with Gasteiger partial charge in [0, 0.05) is 10.9 Å². The third-order valence-electron chi connectivity index (χ3n) is 6.15. The molecule has 1 aliphatic rings. The van der Waals surface area contributed by atoms with E-state index in [0.717, 1.165) is 58.0 Å². The third kappa shape index (κ3) is 4.36. The summed E-state index contributed by atoms with van der Waals surface area (Å²) in [7, 11) is 0. The average Bonchev–Trinajstić information content (AvgIpc) is 3.63. The van der Waals surface area contributed by atoms with E-state index >= 15 is 0 Å². The molecule has 1 fully saturated rings. The summed E-state index contributed by atoms with van der Waals surface area (Å²) in [6.07, 6.45) is 4.17. The van der Waals surface area contributed by atoms with Crippen molar-refractivity contribution in [1.82, 2.24) is 29.6 Å². The molecule has 0 aliphatic carbocycles. The molecule has 170 valence electrons. The van der Waals surface area contributed by atoms with Gasteiger partial charge >= 0.3 is 0 Å². The van der Waals surface area contributed by atoms with Gasteiger partial charge < -0.3 is 4.57 Å². The van der Waals surface area contributed by atoms with Crippen LogP contribution in [-0.4, -0.2) is 42.7 Å². The van der Waals surface area contributed by atoms with Crippen LogP contribution in [0, 0.1) is 0 Å². The summed E-state index contributed by atoms with van der Waals surface area (Å²) in [5, 5.41) is 14.3. The summed E-state index contributed by atoms with van der Waals surface area (Å²) in [5.41, 5.74) is 3.57. The Kier molecular flexibility index (Phi) is 6.10. The Balaban J connectivity index is 1.39. The lowest BCUT2D eigenvalue weighted by Crippen LogP contribution is -2.21. The Labute approximate surface area is 206 Å². The summed E-state index contributed by atoms with van der Waals surface area (Å²) >= 11 is 3.23. The van der Waals surface area contributed by atoms with E-state index < -0.39 is 0 Å². The van der Waals surface area contributed by atoms with Crippen molar-refractivity contribution in [1.29, 1.82) is 0 Å². The highest BCUT2D eigenvalue weighted by atomic mass is 32.2. The first kappa shape index (κ1) is 21.5. The van der Waals surface area contributed by atoms with Crippen molar-refractivity contribution in [3.05, 3.63) is 83.8 Å². The van der Waals surface area contributed by atoms with Crippen molar-refractivity contribution in [3.63, 3.8) is 0 Å². The minimum absolute atomic E-state index is 0.739. The lowest BCUT2D eigenvalue weighted by atomic mass is 10.1. The molecule has 5 aromatic rings. The van der Waals surface area contributed by atoms with Crippen molar-refractivity contribution >= 4 is 33.3 Å². The largest absolute Gasteiger partial charge is 0.300 e. The van der Waals surface area contributed by atoms with Crippen LogP contribution in [-0.2, 0) is 13.1 Å². The minimum Gasteiger partial charge on any atom is -0.300 e. The monoisotopic (exact) mass is 484 g/mol. The Morgan fingerprint density at radius 1 is 0.853 bits per heavy atom. The van der Waals surface area contributed by atoms with Crippen LogP contribution in [0.2, 0.25) is 0 Å². The van der Waals surface area contributed by atoms with E-state index in [1.165, 1.54) is 24.0 Å². The van der Waals surface area contributed by atoms with Gasteiger partial charge in [-0.1, -0.05) is 60.7 Å². The molecule has 0 spiro atoms. The number of aromatic nitrogens is 5. The van der Waals surface area contributed by atoms with Gasteiger partial charge in [0.15, 0.2) is 5.16 Å². The van der Waals surface area contributed by atoms with Crippen LogP contribution in [0.3, 0.4) is 0 Å². The van der Waals surface area contributed by atoms with Crippen molar-refractivity contribution in [2.24, 2.45) is 0 Å². The molecule has 6 rings (SSSR count). The lowest BCUT2D eigenvalue weighted by molar-refractivity contribution is 0.316.